The molecule has 3 aromatic rings. The summed E-state index contributed by atoms with van der Waals surface area (Å²) in [6.45, 7) is 12.4. The van der Waals surface area contributed by atoms with Gasteiger partial charge in [0, 0.05) is 11.8 Å². The third-order valence-electron chi connectivity index (χ3n) is 6.79. The number of nitrogens with two attached hydrogens (primary N) is 1. The van der Waals surface area contributed by atoms with Gasteiger partial charge in [-0.3, -0.25) is 9.98 Å². The van der Waals surface area contributed by atoms with E-state index < -0.39 is 0 Å². The molecule has 0 atom stereocenters. The molecular weight excluding hydrogens is 512 g/mol. The van der Waals surface area contributed by atoms with Gasteiger partial charge in [0.2, 0.25) is 0 Å². The van der Waals surface area contributed by atoms with Crippen molar-refractivity contribution in [1.29, 1.82) is 0 Å². The molecule has 4 heteroatoms. The second kappa shape index (κ2) is 17.1. The van der Waals surface area contributed by atoms with Crippen molar-refractivity contribution in [2.45, 2.75) is 40.5 Å². The molecular formula is C38H42N4. The SMILES string of the molecule is C=CC/C=C\C=C/C/C=C/CN=C(N=C(N)/C(C)=C/C=C(C)/C(C)=c1\nccc\c1=C\C)c1ccc2ccccc2c1. The smallest absolute Gasteiger partial charge is 0.157 e. The number of aliphatic imine (C=N–C) groups is 2. The Labute approximate surface area is 250 Å². The van der Waals surface area contributed by atoms with Crippen LogP contribution >= 0.6 is 0 Å². The van der Waals surface area contributed by atoms with Gasteiger partial charge in [-0.25, -0.2) is 4.99 Å². The van der Waals surface area contributed by atoms with Crippen molar-refractivity contribution >= 4 is 34.1 Å². The third kappa shape index (κ3) is 9.67. The summed E-state index contributed by atoms with van der Waals surface area (Å²) >= 11 is 0. The summed E-state index contributed by atoms with van der Waals surface area (Å²) < 4.78 is 0. The predicted octanol–water partition coefficient (Wildman–Crippen LogP) is 7.54. The van der Waals surface area contributed by atoms with E-state index in [-0.39, 0.29) is 0 Å². The highest BCUT2D eigenvalue weighted by Crippen LogP contribution is 2.17. The highest BCUT2D eigenvalue weighted by molar-refractivity contribution is 6.11. The second-order valence-corrected chi connectivity index (χ2v) is 9.87. The van der Waals surface area contributed by atoms with Crippen molar-refractivity contribution in [3.05, 3.63) is 149 Å². The normalized spacial score (nSPS) is 15.0. The van der Waals surface area contributed by atoms with E-state index in [0.29, 0.717) is 18.2 Å². The summed E-state index contributed by atoms with van der Waals surface area (Å²) in [5.41, 5.74) is 10.5. The molecule has 42 heavy (non-hydrogen) atoms. The number of amidine groups is 2. The number of benzene rings is 2. The van der Waals surface area contributed by atoms with Crippen LogP contribution in [0.5, 0.6) is 0 Å². The van der Waals surface area contributed by atoms with Gasteiger partial charge in [-0.2, -0.15) is 0 Å². The first-order valence-corrected chi connectivity index (χ1v) is 14.3. The number of pyridine rings is 1. The molecule has 0 unspecified atom stereocenters. The molecule has 2 N–H and O–H groups in total. The van der Waals surface area contributed by atoms with Gasteiger partial charge in [0.25, 0.3) is 0 Å². The quantitative estimate of drug-likeness (QED) is 0.115. The average Bonchev–Trinajstić information content (AvgIpc) is 3.02. The van der Waals surface area contributed by atoms with Gasteiger partial charge < -0.3 is 5.73 Å². The van der Waals surface area contributed by atoms with Crippen LogP contribution in [0, 0.1) is 0 Å². The summed E-state index contributed by atoms with van der Waals surface area (Å²) in [4.78, 5) is 14.2. The summed E-state index contributed by atoms with van der Waals surface area (Å²) in [7, 11) is 0. The first-order valence-electron chi connectivity index (χ1n) is 14.3. The molecule has 0 spiro atoms. The largest absolute Gasteiger partial charge is 0.383 e. The van der Waals surface area contributed by atoms with Crippen molar-refractivity contribution in [2.75, 3.05) is 6.54 Å². The molecule has 3 rings (SSSR count). The van der Waals surface area contributed by atoms with E-state index in [0.717, 1.165) is 51.1 Å². The van der Waals surface area contributed by atoms with E-state index in [1.165, 1.54) is 5.39 Å². The fourth-order valence-electron chi connectivity index (χ4n) is 4.13. The van der Waals surface area contributed by atoms with Gasteiger partial charge >= 0.3 is 0 Å². The van der Waals surface area contributed by atoms with Crippen molar-refractivity contribution < 1.29 is 0 Å². The Bertz CT molecular complexity index is 1710. The van der Waals surface area contributed by atoms with E-state index in [2.05, 4.69) is 98.3 Å². The minimum absolute atomic E-state index is 0.433. The number of hydrogen-bond donors (Lipinski definition) is 1. The maximum atomic E-state index is 6.51. The third-order valence-corrected chi connectivity index (χ3v) is 6.79. The van der Waals surface area contributed by atoms with Crippen molar-refractivity contribution in [3.63, 3.8) is 0 Å². The Morgan fingerprint density at radius 2 is 1.60 bits per heavy atom. The molecule has 4 nitrogen and oxygen atoms in total. The monoisotopic (exact) mass is 554 g/mol. The topological polar surface area (TPSA) is 63.6 Å². The molecule has 2 aromatic carbocycles. The molecule has 0 radical (unpaired) electrons. The van der Waals surface area contributed by atoms with Gasteiger partial charge in [0.05, 0.1) is 11.9 Å². The van der Waals surface area contributed by atoms with E-state index in [9.17, 15) is 0 Å². The van der Waals surface area contributed by atoms with Crippen molar-refractivity contribution in [1.82, 2.24) is 4.98 Å². The van der Waals surface area contributed by atoms with Crippen molar-refractivity contribution in [3.8, 4) is 0 Å². The first kappa shape index (κ1) is 31.7. The van der Waals surface area contributed by atoms with Gasteiger partial charge in [-0.05, 0) is 85.4 Å². The molecule has 0 fully saturated rings. The van der Waals surface area contributed by atoms with Crippen LogP contribution in [0.2, 0.25) is 0 Å². The van der Waals surface area contributed by atoms with E-state index in [4.69, 9.17) is 15.7 Å². The van der Waals surface area contributed by atoms with E-state index >= 15 is 0 Å². The van der Waals surface area contributed by atoms with Crippen LogP contribution in [-0.2, 0) is 0 Å². The molecule has 1 heterocycles. The van der Waals surface area contributed by atoms with Crippen LogP contribution in [-0.4, -0.2) is 23.2 Å². The highest BCUT2D eigenvalue weighted by atomic mass is 15.0. The number of nitrogens with zero attached hydrogens (tertiary/aromatic N) is 3. The van der Waals surface area contributed by atoms with Crippen LogP contribution in [0.4, 0.5) is 0 Å². The lowest BCUT2D eigenvalue weighted by Gasteiger charge is -2.07. The first-order chi connectivity index (χ1) is 20.4. The summed E-state index contributed by atoms with van der Waals surface area (Å²) in [5, 5.41) is 4.41. The molecule has 0 aliphatic carbocycles. The van der Waals surface area contributed by atoms with Gasteiger partial charge in [0.1, 0.15) is 5.84 Å². The van der Waals surface area contributed by atoms with Crippen LogP contribution in [0.3, 0.4) is 0 Å². The zero-order valence-electron chi connectivity index (χ0n) is 25.3. The molecule has 0 aliphatic heterocycles. The number of rotatable bonds is 11. The lowest BCUT2D eigenvalue weighted by atomic mass is 10.1. The van der Waals surface area contributed by atoms with Crippen LogP contribution < -0.4 is 16.3 Å². The van der Waals surface area contributed by atoms with Crippen LogP contribution in [0.1, 0.15) is 46.1 Å². The molecule has 1 aromatic heterocycles. The number of hydrogen-bond acceptors (Lipinski definition) is 2. The molecule has 0 amide bonds. The van der Waals surface area contributed by atoms with Gasteiger partial charge in [-0.1, -0.05) is 103 Å². The van der Waals surface area contributed by atoms with Crippen LogP contribution in [0.15, 0.2) is 143 Å². The van der Waals surface area contributed by atoms with Gasteiger partial charge in [-0.15, -0.1) is 6.58 Å². The van der Waals surface area contributed by atoms with E-state index in [1.54, 1.807) is 0 Å². The fraction of sp³-hybridized carbons (Fsp3) is 0.184. The lowest BCUT2D eigenvalue weighted by molar-refractivity contribution is 1.19. The molecule has 0 saturated carbocycles. The molecule has 0 bridgehead atoms. The Morgan fingerprint density at radius 1 is 0.857 bits per heavy atom. The van der Waals surface area contributed by atoms with Gasteiger partial charge in [0.15, 0.2) is 5.84 Å². The highest BCUT2D eigenvalue weighted by Gasteiger charge is 2.06. The fourth-order valence-corrected chi connectivity index (χ4v) is 4.13. The van der Waals surface area contributed by atoms with E-state index in [1.807, 2.05) is 62.5 Å². The minimum Gasteiger partial charge on any atom is -0.383 e. The number of aromatic nitrogens is 1. The summed E-state index contributed by atoms with van der Waals surface area (Å²) in [5.74, 6) is 1.04. The number of fused-ring (bicyclic) bond motifs is 1. The van der Waals surface area contributed by atoms with Crippen molar-refractivity contribution in [2.24, 2.45) is 15.7 Å². The zero-order chi connectivity index (χ0) is 30.2. The summed E-state index contributed by atoms with van der Waals surface area (Å²) in [6.07, 6.45) is 24.0. The molecule has 0 saturated heterocycles. The van der Waals surface area contributed by atoms with Crippen LogP contribution in [0.25, 0.3) is 22.4 Å². The summed E-state index contributed by atoms with van der Waals surface area (Å²) in [6, 6.07) is 18.6. The second-order valence-electron chi connectivity index (χ2n) is 9.87. The standard InChI is InChI=1S/C38H42N4/c1-6-8-9-10-11-12-13-14-17-26-41-38(35-25-24-33-19-15-16-20-34(33)28-35)42-37(39)30(4)23-22-29(3)31(5)36-32(7-2)21-18-27-40-36/h6-7,9-12,14-25,27-28H,1,8,13,26H2,2-5H3,(H2,39,41,42)/b10-9-,12-11-,17-14+,29-22+,30-23+,32-7-,36-31-. The maximum Gasteiger partial charge on any atom is 0.157 e. The molecule has 214 valence electrons. The molecule has 0 aliphatic rings. The zero-order valence-corrected chi connectivity index (χ0v) is 25.3. The Hall–Kier alpha value is -4.83. The minimum atomic E-state index is 0.433. The average molecular weight is 555 g/mol. The number of allylic oxidation sites excluding steroid dienone is 9. The Balaban J connectivity index is 1.87. The predicted molar refractivity (Wildman–Crippen MR) is 184 cm³/mol. The lowest BCUT2D eigenvalue weighted by Crippen LogP contribution is -2.29. The Morgan fingerprint density at radius 3 is 2.36 bits per heavy atom. The maximum absolute atomic E-state index is 6.51. The Kier molecular flexibility index (Phi) is 12.9.